The van der Waals surface area contributed by atoms with E-state index in [1.807, 2.05) is 29.5 Å². The average Bonchev–Trinajstić information content (AvgIpc) is 3.49. The monoisotopic (exact) mass is 591 g/mol. The fourth-order valence-corrected chi connectivity index (χ4v) is 7.38. The van der Waals surface area contributed by atoms with Gasteiger partial charge >= 0.3 is 0 Å². The van der Waals surface area contributed by atoms with Crippen LogP contribution in [-0.2, 0) is 0 Å². The van der Waals surface area contributed by atoms with Crippen molar-refractivity contribution in [2.75, 3.05) is 0 Å². The number of aromatic nitrogens is 3. The average molecular weight is 592 g/mol. The molecule has 0 radical (unpaired) electrons. The fourth-order valence-electron chi connectivity index (χ4n) is 6.24. The van der Waals surface area contributed by atoms with E-state index in [1.54, 1.807) is 0 Å². The Morgan fingerprint density at radius 2 is 0.956 bits per heavy atom. The largest absolute Gasteiger partial charge is 0.208 e. The molecule has 45 heavy (non-hydrogen) atoms. The Morgan fingerprint density at radius 1 is 0.333 bits per heavy atom. The third kappa shape index (κ3) is 4.55. The van der Waals surface area contributed by atoms with Gasteiger partial charge in [-0.05, 0) is 63.0 Å². The quantitative estimate of drug-likeness (QED) is 0.204. The molecule has 0 spiro atoms. The van der Waals surface area contributed by atoms with Gasteiger partial charge in [-0.25, -0.2) is 15.0 Å². The highest BCUT2D eigenvalue weighted by Crippen LogP contribution is 2.39. The van der Waals surface area contributed by atoms with Crippen molar-refractivity contribution in [3.8, 4) is 45.3 Å². The fraction of sp³-hybridized carbons (Fsp3) is 0. The van der Waals surface area contributed by atoms with Gasteiger partial charge in [0, 0.05) is 36.9 Å². The first-order valence-electron chi connectivity index (χ1n) is 15.0. The van der Waals surface area contributed by atoms with E-state index in [-0.39, 0.29) is 0 Å². The van der Waals surface area contributed by atoms with Crippen molar-refractivity contribution >= 4 is 53.1 Å². The third-order valence-electron chi connectivity index (χ3n) is 8.49. The molecule has 9 aromatic rings. The van der Waals surface area contributed by atoms with E-state index < -0.39 is 0 Å². The summed E-state index contributed by atoms with van der Waals surface area (Å²) in [5.41, 5.74) is 5.22. The van der Waals surface area contributed by atoms with E-state index in [0.29, 0.717) is 17.5 Å². The van der Waals surface area contributed by atoms with Gasteiger partial charge in [0.05, 0.1) is 0 Å². The Morgan fingerprint density at radius 3 is 1.82 bits per heavy atom. The summed E-state index contributed by atoms with van der Waals surface area (Å²) in [6.45, 7) is 0. The Kier molecular flexibility index (Phi) is 6.00. The standard InChI is InChI=1S/C41H25N3S/c1-2-11-27(12-3-1)39-42-40(31-19-18-26-10-4-5-13-28(26)22-31)44-41(43-39)36-24-32(23-30-14-6-7-15-33(30)36)29-20-21-35-34-16-8-9-17-37(34)45-38(35)25-29/h1-25H. The second kappa shape index (κ2) is 10.5. The highest BCUT2D eigenvalue weighted by molar-refractivity contribution is 7.25. The van der Waals surface area contributed by atoms with Gasteiger partial charge in [-0.3, -0.25) is 0 Å². The molecule has 0 N–H and O–H groups in total. The van der Waals surface area contributed by atoms with Crippen LogP contribution >= 0.6 is 11.3 Å². The smallest absolute Gasteiger partial charge is 0.164 e. The molecule has 210 valence electrons. The lowest BCUT2D eigenvalue weighted by Crippen LogP contribution is -2.01. The number of hydrogen-bond donors (Lipinski definition) is 0. The van der Waals surface area contributed by atoms with Crippen LogP contribution in [-0.4, -0.2) is 15.0 Å². The molecule has 0 aliphatic rings. The zero-order valence-corrected chi connectivity index (χ0v) is 25.0. The van der Waals surface area contributed by atoms with Crippen LogP contribution in [0.25, 0.3) is 87.0 Å². The molecular weight excluding hydrogens is 567 g/mol. The minimum atomic E-state index is 0.657. The molecule has 3 nitrogen and oxygen atoms in total. The number of fused-ring (bicyclic) bond motifs is 5. The Bertz CT molecular complexity index is 2550. The van der Waals surface area contributed by atoms with Gasteiger partial charge in [0.1, 0.15) is 0 Å². The molecule has 0 fully saturated rings. The molecule has 4 heteroatoms. The first-order valence-corrected chi connectivity index (χ1v) is 15.8. The second-order valence-corrected chi connectivity index (χ2v) is 12.4. The van der Waals surface area contributed by atoms with E-state index in [1.165, 1.54) is 31.1 Å². The van der Waals surface area contributed by atoms with Crippen LogP contribution in [0.2, 0.25) is 0 Å². The number of thiophene rings is 1. The van der Waals surface area contributed by atoms with Gasteiger partial charge < -0.3 is 0 Å². The molecule has 2 aromatic heterocycles. The number of rotatable bonds is 4. The van der Waals surface area contributed by atoms with Crippen LogP contribution in [0.1, 0.15) is 0 Å². The summed E-state index contributed by atoms with van der Waals surface area (Å²) in [6.07, 6.45) is 0. The van der Waals surface area contributed by atoms with Gasteiger partial charge in [0.25, 0.3) is 0 Å². The first kappa shape index (κ1) is 25.8. The second-order valence-electron chi connectivity index (χ2n) is 11.3. The van der Waals surface area contributed by atoms with Crippen LogP contribution in [0.5, 0.6) is 0 Å². The minimum absolute atomic E-state index is 0.657. The van der Waals surface area contributed by atoms with Crippen molar-refractivity contribution < 1.29 is 0 Å². The molecular formula is C41H25N3S. The maximum absolute atomic E-state index is 5.15. The van der Waals surface area contributed by atoms with Gasteiger partial charge in [-0.1, -0.05) is 121 Å². The van der Waals surface area contributed by atoms with Crippen LogP contribution in [0, 0.1) is 0 Å². The first-order chi connectivity index (χ1) is 22.3. The van der Waals surface area contributed by atoms with Crippen LogP contribution in [0.3, 0.4) is 0 Å². The van der Waals surface area contributed by atoms with E-state index in [9.17, 15) is 0 Å². The molecule has 0 unspecified atom stereocenters. The summed E-state index contributed by atoms with van der Waals surface area (Å²) in [7, 11) is 0. The van der Waals surface area contributed by atoms with Crippen LogP contribution < -0.4 is 0 Å². The number of hydrogen-bond acceptors (Lipinski definition) is 4. The van der Waals surface area contributed by atoms with E-state index in [4.69, 9.17) is 15.0 Å². The molecule has 0 saturated heterocycles. The molecule has 0 aliphatic carbocycles. The summed E-state index contributed by atoms with van der Waals surface area (Å²) in [6, 6.07) is 53.4. The van der Waals surface area contributed by atoms with Gasteiger partial charge in [-0.2, -0.15) is 0 Å². The zero-order valence-electron chi connectivity index (χ0n) is 24.2. The van der Waals surface area contributed by atoms with Crippen molar-refractivity contribution in [2.24, 2.45) is 0 Å². The highest BCUT2D eigenvalue weighted by atomic mass is 32.1. The van der Waals surface area contributed by atoms with Crippen molar-refractivity contribution in [2.45, 2.75) is 0 Å². The van der Waals surface area contributed by atoms with Gasteiger partial charge in [0.15, 0.2) is 17.5 Å². The van der Waals surface area contributed by atoms with Crippen molar-refractivity contribution in [3.05, 3.63) is 152 Å². The number of nitrogens with zero attached hydrogens (tertiary/aromatic N) is 3. The maximum Gasteiger partial charge on any atom is 0.164 e. The lowest BCUT2D eigenvalue weighted by atomic mass is 9.95. The lowest BCUT2D eigenvalue weighted by molar-refractivity contribution is 1.08. The molecule has 0 aliphatic heterocycles. The highest BCUT2D eigenvalue weighted by Gasteiger charge is 2.16. The summed E-state index contributed by atoms with van der Waals surface area (Å²) in [5, 5.41) is 7.21. The van der Waals surface area contributed by atoms with E-state index in [0.717, 1.165) is 38.4 Å². The Hall–Kier alpha value is -5.71. The van der Waals surface area contributed by atoms with Crippen molar-refractivity contribution in [3.63, 3.8) is 0 Å². The third-order valence-corrected chi connectivity index (χ3v) is 9.62. The van der Waals surface area contributed by atoms with Crippen molar-refractivity contribution in [1.82, 2.24) is 15.0 Å². The lowest BCUT2D eigenvalue weighted by Gasteiger charge is -2.13. The van der Waals surface area contributed by atoms with Crippen LogP contribution in [0.15, 0.2) is 152 Å². The topological polar surface area (TPSA) is 38.7 Å². The summed E-state index contributed by atoms with van der Waals surface area (Å²) in [4.78, 5) is 15.3. The summed E-state index contributed by atoms with van der Waals surface area (Å²) in [5.74, 6) is 1.98. The molecule has 7 aromatic carbocycles. The van der Waals surface area contributed by atoms with Crippen molar-refractivity contribution in [1.29, 1.82) is 0 Å². The molecule has 0 amide bonds. The molecule has 9 rings (SSSR count). The Balaban J connectivity index is 1.27. The maximum atomic E-state index is 5.15. The molecule has 0 saturated carbocycles. The molecule has 2 heterocycles. The molecule has 0 atom stereocenters. The van der Waals surface area contributed by atoms with Crippen LogP contribution in [0.4, 0.5) is 0 Å². The predicted octanol–water partition coefficient (Wildman–Crippen LogP) is 11.2. The van der Waals surface area contributed by atoms with Gasteiger partial charge in [-0.15, -0.1) is 11.3 Å². The molecule has 0 bridgehead atoms. The normalized spacial score (nSPS) is 11.6. The van der Waals surface area contributed by atoms with E-state index >= 15 is 0 Å². The zero-order chi connectivity index (χ0) is 29.7. The van der Waals surface area contributed by atoms with E-state index in [2.05, 4.69) is 133 Å². The number of benzene rings is 7. The summed E-state index contributed by atoms with van der Waals surface area (Å²) >= 11 is 1.84. The predicted molar refractivity (Wildman–Crippen MR) is 189 cm³/mol. The summed E-state index contributed by atoms with van der Waals surface area (Å²) < 4.78 is 2.59. The Labute approximate surface area is 264 Å². The SMILES string of the molecule is c1ccc(-c2nc(-c3ccc4ccccc4c3)nc(-c3cc(-c4ccc5c(c4)sc4ccccc45)cc4ccccc34)n2)cc1. The van der Waals surface area contributed by atoms with Gasteiger partial charge in [0.2, 0.25) is 0 Å². The minimum Gasteiger partial charge on any atom is -0.208 e.